The molecule has 1 unspecified atom stereocenters. The van der Waals surface area contributed by atoms with Crippen LogP contribution in [0, 0.1) is 12.3 Å². The van der Waals surface area contributed by atoms with Gasteiger partial charge in [-0.25, -0.2) is 0 Å². The summed E-state index contributed by atoms with van der Waals surface area (Å²) in [5.41, 5.74) is 1.16. The Balaban J connectivity index is 1.65. The van der Waals surface area contributed by atoms with Crippen LogP contribution in [0.25, 0.3) is 5.65 Å². The van der Waals surface area contributed by atoms with Crippen molar-refractivity contribution in [3.63, 3.8) is 0 Å². The van der Waals surface area contributed by atoms with E-state index in [1.54, 1.807) is 0 Å². The fraction of sp³-hybridized carbons (Fsp3) is 0.615. The summed E-state index contributed by atoms with van der Waals surface area (Å²) < 4.78 is 7.38. The lowest BCUT2D eigenvalue weighted by atomic mass is 9.87. The molecule has 4 heterocycles. The van der Waals surface area contributed by atoms with Crippen molar-refractivity contribution in [3.05, 3.63) is 18.0 Å². The maximum Gasteiger partial charge on any atom is 0.178 e. The van der Waals surface area contributed by atoms with Gasteiger partial charge in [-0.1, -0.05) is 0 Å². The van der Waals surface area contributed by atoms with Gasteiger partial charge in [0.2, 0.25) is 0 Å². The smallest absolute Gasteiger partial charge is 0.178 e. The largest absolute Gasteiger partial charge is 0.381 e. The molecule has 6 nitrogen and oxygen atoms in total. The summed E-state index contributed by atoms with van der Waals surface area (Å²) in [5.74, 6) is 1.84. The molecule has 0 bridgehead atoms. The van der Waals surface area contributed by atoms with Crippen LogP contribution in [0.15, 0.2) is 12.1 Å². The molecule has 6 heteroatoms. The lowest BCUT2D eigenvalue weighted by Crippen LogP contribution is -2.28. The summed E-state index contributed by atoms with van der Waals surface area (Å²) in [6.07, 6.45) is 2.38. The molecule has 2 aromatic heterocycles. The standard InChI is InChI=1S/C13H17N5O/c1-10-14-15-11-2-3-12(16-18(10)11)17-6-4-13(8-17)5-7-19-9-13/h2-3H,4-9H2,1H3. The number of ether oxygens (including phenoxy) is 1. The predicted molar refractivity (Wildman–Crippen MR) is 70.2 cm³/mol. The number of aryl methyl sites for hydroxylation is 1. The van der Waals surface area contributed by atoms with E-state index in [1.165, 1.54) is 12.8 Å². The fourth-order valence-electron chi connectivity index (χ4n) is 3.16. The van der Waals surface area contributed by atoms with Gasteiger partial charge in [0.15, 0.2) is 11.5 Å². The van der Waals surface area contributed by atoms with E-state index in [0.717, 1.165) is 43.6 Å². The van der Waals surface area contributed by atoms with E-state index in [-0.39, 0.29) is 0 Å². The van der Waals surface area contributed by atoms with Crippen LogP contribution in [0.5, 0.6) is 0 Å². The third kappa shape index (κ3) is 1.70. The van der Waals surface area contributed by atoms with Crippen molar-refractivity contribution in [2.75, 3.05) is 31.2 Å². The second kappa shape index (κ2) is 3.90. The van der Waals surface area contributed by atoms with Crippen LogP contribution in [-0.4, -0.2) is 46.1 Å². The first-order valence-corrected chi connectivity index (χ1v) is 6.78. The Morgan fingerprint density at radius 3 is 3.05 bits per heavy atom. The zero-order valence-corrected chi connectivity index (χ0v) is 11.0. The number of rotatable bonds is 1. The third-order valence-corrected chi connectivity index (χ3v) is 4.35. The zero-order valence-electron chi connectivity index (χ0n) is 11.0. The van der Waals surface area contributed by atoms with Crippen molar-refractivity contribution in [2.45, 2.75) is 19.8 Å². The molecule has 2 saturated heterocycles. The highest BCUT2D eigenvalue weighted by Crippen LogP contribution is 2.39. The van der Waals surface area contributed by atoms with E-state index in [9.17, 15) is 0 Å². The molecule has 1 spiro atoms. The molecule has 1 atom stereocenters. The maximum absolute atomic E-state index is 5.57. The van der Waals surface area contributed by atoms with Gasteiger partial charge in [-0.2, -0.15) is 4.52 Å². The highest BCUT2D eigenvalue weighted by atomic mass is 16.5. The quantitative estimate of drug-likeness (QED) is 0.766. The fourth-order valence-corrected chi connectivity index (χ4v) is 3.16. The van der Waals surface area contributed by atoms with E-state index >= 15 is 0 Å². The van der Waals surface area contributed by atoms with Crippen LogP contribution in [0.3, 0.4) is 0 Å². The summed E-state index contributed by atoms with van der Waals surface area (Å²) >= 11 is 0. The Morgan fingerprint density at radius 1 is 1.26 bits per heavy atom. The molecule has 2 aliphatic rings. The van der Waals surface area contributed by atoms with E-state index in [0.29, 0.717) is 5.41 Å². The minimum absolute atomic E-state index is 0.360. The average molecular weight is 259 g/mol. The van der Waals surface area contributed by atoms with Crippen LogP contribution in [0.2, 0.25) is 0 Å². The minimum Gasteiger partial charge on any atom is -0.381 e. The topological polar surface area (TPSA) is 55.5 Å². The van der Waals surface area contributed by atoms with E-state index in [2.05, 4.69) is 20.2 Å². The number of hydrogen-bond donors (Lipinski definition) is 0. The molecular formula is C13H17N5O. The molecule has 0 radical (unpaired) electrons. The number of fused-ring (bicyclic) bond motifs is 1. The third-order valence-electron chi connectivity index (χ3n) is 4.35. The molecule has 2 fully saturated rings. The van der Waals surface area contributed by atoms with Crippen LogP contribution >= 0.6 is 0 Å². The van der Waals surface area contributed by atoms with Crippen molar-refractivity contribution in [3.8, 4) is 0 Å². The molecule has 2 aromatic rings. The maximum atomic E-state index is 5.57. The van der Waals surface area contributed by atoms with E-state index < -0.39 is 0 Å². The highest BCUT2D eigenvalue weighted by Gasteiger charge is 2.41. The average Bonchev–Trinajstić information content (AvgIpc) is 3.13. The molecule has 0 N–H and O–H groups in total. The van der Waals surface area contributed by atoms with Crippen molar-refractivity contribution in [2.24, 2.45) is 5.41 Å². The Bertz CT molecular complexity index is 617. The lowest BCUT2D eigenvalue weighted by Gasteiger charge is -2.22. The van der Waals surface area contributed by atoms with Gasteiger partial charge in [-0.05, 0) is 31.9 Å². The first kappa shape index (κ1) is 11.2. The van der Waals surface area contributed by atoms with Crippen molar-refractivity contribution < 1.29 is 4.74 Å². The normalized spacial score (nSPS) is 26.9. The van der Waals surface area contributed by atoms with Crippen molar-refractivity contribution in [1.82, 2.24) is 19.8 Å². The Morgan fingerprint density at radius 2 is 2.21 bits per heavy atom. The summed E-state index contributed by atoms with van der Waals surface area (Å²) in [6.45, 7) is 5.84. The van der Waals surface area contributed by atoms with Gasteiger partial charge >= 0.3 is 0 Å². The highest BCUT2D eigenvalue weighted by molar-refractivity contribution is 5.46. The van der Waals surface area contributed by atoms with Crippen LogP contribution in [0.1, 0.15) is 18.7 Å². The molecule has 0 aliphatic carbocycles. The molecule has 19 heavy (non-hydrogen) atoms. The van der Waals surface area contributed by atoms with Crippen LogP contribution in [-0.2, 0) is 4.74 Å². The monoisotopic (exact) mass is 259 g/mol. The first-order valence-electron chi connectivity index (χ1n) is 6.78. The minimum atomic E-state index is 0.360. The molecular weight excluding hydrogens is 242 g/mol. The first-order chi connectivity index (χ1) is 9.26. The van der Waals surface area contributed by atoms with Gasteiger partial charge in [0.05, 0.1) is 6.61 Å². The van der Waals surface area contributed by atoms with Crippen LogP contribution < -0.4 is 4.90 Å². The number of aromatic nitrogens is 4. The summed E-state index contributed by atoms with van der Waals surface area (Å²) in [6, 6.07) is 4.02. The second-order valence-electron chi connectivity index (χ2n) is 5.68. The van der Waals surface area contributed by atoms with Crippen LogP contribution in [0.4, 0.5) is 5.82 Å². The van der Waals surface area contributed by atoms with Crippen molar-refractivity contribution >= 4 is 11.5 Å². The Kier molecular flexibility index (Phi) is 2.29. The summed E-state index contributed by atoms with van der Waals surface area (Å²) in [5, 5.41) is 12.8. The Labute approximate surface area is 111 Å². The van der Waals surface area contributed by atoms with Gasteiger partial charge in [-0.3, -0.25) is 0 Å². The summed E-state index contributed by atoms with van der Waals surface area (Å²) in [4.78, 5) is 2.35. The van der Waals surface area contributed by atoms with Gasteiger partial charge in [-0.15, -0.1) is 15.3 Å². The van der Waals surface area contributed by atoms with Gasteiger partial charge in [0.1, 0.15) is 5.82 Å². The number of hydrogen-bond acceptors (Lipinski definition) is 5. The molecule has 0 saturated carbocycles. The number of anilines is 1. The number of nitrogens with zero attached hydrogens (tertiary/aromatic N) is 5. The Hall–Kier alpha value is -1.69. The SMILES string of the molecule is Cc1nnc2ccc(N3CCC4(CCOC4)C3)nn12. The second-order valence-corrected chi connectivity index (χ2v) is 5.68. The van der Waals surface area contributed by atoms with E-state index in [1.807, 2.05) is 23.6 Å². The lowest BCUT2D eigenvalue weighted by molar-refractivity contribution is 0.160. The molecule has 0 aromatic carbocycles. The van der Waals surface area contributed by atoms with Gasteiger partial charge < -0.3 is 9.64 Å². The molecule has 2 aliphatic heterocycles. The zero-order chi connectivity index (χ0) is 12.9. The van der Waals surface area contributed by atoms with E-state index in [4.69, 9.17) is 4.74 Å². The molecule has 4 rings (SSSR count). The molecule has 0 amide bonds. The predicted octanol–water partition coefficient (Wildman–Crippen LogP) is 1.05. The molecule has 100 valence electrons. The van der Waals surface area contributed by atoms with Gasteiger partial charge in [0, 0.05) is 25.1 Å². The summed E-state index contributed by atoms with van der Waals surface area (Å²) in [7, 11) is 0. The van der Waals surface area contributed by atoms with Gasteiger partial charge in [0.25, 0.3) is 0 Å². The van der Waals surface area contributed by atoms with Crippen molar-refractivity contribution in [1.29, 1.82) is 0 Å².